The summed E-state index contributed by atoms with van der Waals surface area (Å²) in [7, 11) is -2.07. The van der Waals surface area contributed by atoms with Gasteiger partial charge in [0.15, 0.2) is 21.4 Å². The second-order valence-electron chi connectivity index (χ2n) is 6.98. The largest absolute Gasteiger partial charge is 0.494 e. The predicted molar refractivity (Wildman–Crippen MR) is 113 cm³/mol. The lowest BCUT2D eigenvalue weighted by Gasteiger charge is -2.34. The molecule has 158 valence electrons. The molecule has 1 saturated heterocycles. The number of hydrogen-bond donors (Lipinski definition) is 0. The van der Waals surface area contributed by atoms with Crippen molar-refractivity contribution in [3.05, 3.63) is 57.8 Å². The second kappa shape index (κ2) is 9.62. The van der Waals surface area contributed by atoms with Crippen LogP contribution in [0.15, 0.2) is 41.3 Å². The summed E-state index contributed by atoms with van der Waals surface area (Å²) in [5, 5.41) is 0.530. The van der Waals surface area contributed by atoms with Crippen molar-refractivity contribution in [2.75, 3.05) is 45.6 Å². The summed E-state index contributed by atoms with van der Waals surface area (Å²) in [5.41, 5.74) is 0.884. The SMILES string of the molecule is COc1ccc(CN2CCN(CCS(=O)(=O)c3cc(Cl)ccc3Cl)CC2)cc1F. The van der Waals surface area contributed by atoms with Crippen molar-refractivity contribution in [2.45, 2.75) is 11.4 Å². The lowest BCUT2D eigenvalue weighted by Crippen LogP contribution is -2.47. The molecule has 1 heterocycles. The summed E-state index contributed by atoms with van der Waals surface area (Å²) in [5.74, 6) is -0.148. The zero-order chi connectivity index (χ0) is 21.0. The fraction of sp³-hybridized carbons (Fsp3) is 0.400. The summed E-state index contributed by atoms with van der Waals surface area (Å²) in [4.78, 5) is 4.41. The summed E-state index contributed by atoms with van der Waals surface area (Å²) in [6, 6.07) is 9.44. The molecule has 0 N–H and O–H groups in total. The molecule has 0 unspecified atom stereocenters. The maximum atomic E-state index is 13.8. The smallest absolute Gasteiger partial charge is 0.181 e. The van der Waals surface area contributed by atoms with E-state index in [9.17, 15) is 12.8 Å². The quantitative estimate of drug-likeness (QED) is 0.629. The highest BCUT2D eigenvalue weighted by Crippen LogP contribution is 2.26. The van der Waals surface area contributed by atoms with E-state index >= 15 is 0 Å². The summed E-state index contributed by atoms with van der Waals surface area (Å²) >= 11 is 11.9. The molecule has 0 radical (unpaired) electrons. The highest BCUT2D eigenvalue weighted by molar-refractivity contribution is 7.91. The van der Waals surface area contributed by atoms with Gasteiger partial charge >= 0.3 is 0 Å². The lowest BCUT2D eigenvalue weighted by molar-refractivity contribution is 0.132. The summed E-state index contributed by atoms with van der Waals surface area (Å²) in [6.45, 7) is 4.13. The monoisotopic (exact) mass is 460 g/mol. The molecule has 9 heteroatoms. The van der Waals surface area contributed by atoms with Gasteiger partial charge in [-0.05, 0) is 35.9 Å². The molecule has 0 aromatic heterocycles. The Labute approximate surface area is 180 Å². The van der Waals surface area contributed by atoms with E-state index in [0.717, 1.165) is 31.7 Å². The molecule has 0 amide bonds. The van der Waals surface area contributed by atoms with Crippen molar-refractivity contribution in [1.82, 2.24) is 9.80 Å². The van der Waals surface area contributed by atoms with Crippen LogP contribution in [0.4, 0.5) is 4.39 Å². The fourth-order valence-corrected chi connectivity index (χ4v) is 5.41. The molecule has 1 aliphatic rings. The van der Waals surface area contributed by atoms with Gasteiger partial charge in [-0.3, -0.25) is 9.80 Å². The third-order valence-corrected chi connectivity index (χ3v) is 7.40. The van der Waals surface area contributed by atoms with Crippen molar-refractivity contribution >= 4 is 33.0 Å². The number of benzene rings is 2. The zero-order valence-corrected chi connectivity index (χ0v) is 18.4. The van der Waals surface area contributed by atoms with Crippen LogP contribution in [0, 0.1) is 5.82 Å². The van der Waals surface area contributed by atoms with Crippen molar-refractivity contribution in [3.8, 4) is 5.75 Å². The van der Waals surface area contributed by atoms with Crippen LogP contribution in [-0.2, 0) is 16.4 Å². The minimum Gasteiger partial charge on any atom is -0.494 e. The van der Waals surface area contributed by atoms with Gasteiger partial charge in [-0.15, -0.1) is 0 Å². The Hall–Kier alpha value is -1.38. The molecule has 29 heavy (non-hydrogen) atoms. The molecule has 1 aliphatic heterocycles. The fourth-order valence-electron chi connectivity index (χ4n) is 3.31. The Balaban J connectivity index is 1.51. The molecule has 3 rings (SSSR count). The van der Waals surface area contributed by atoms with Crippen LogP contribution in [0.1, 0.15) is 5.56 Å². The van der Waals surface area contributed by atoms with Crippen LogP contribution < -0.4 is 4.74 Å². The van der Waals surface area contributed by atoms with Gasteiger partial charge in [-0.25, -0.2) is 12.8 Å². The number of piperazine rings is 1. The first kappa shape index (κ1) is 22.3. The zero-order valence-electron chi connectivity index (χ0n) is 16.1. The first-order chi connectivity index (χ1) is 13.8. The average molecular weight is 461 g/mol. The van der Waals surface area contributed by atoms with Gasteiger partial charge in [-0.1, -0.05) is 29.3 Å². The average Bonchev–Trinajstić information content (AvgIpc) is 2.69. The van der Waals surface area contributed by atoms with Gasteiger partial charge in [0, 0.05) is 44.3 Å². The number of rotatable bonds is 7. The molecular formula is C20H23Cl2FN2O3S. The van der Waals surface area contributed by atoms with Crippen molar-refractivity contribution in [1.29, 1.82) is 0 Å². The molecule has 0 spiro atoms. The highest BCUT2D eigenvalue weighted by atomic mass is 35.5. The number of halogens is 3. The topological polar surface area (TPSA) is 49.9 Å². The minimum atomic E-state index is -3.51. The van der Waals surface area contributed by atoms with E-state index in [2.05, 4.69) is 9.80 Å². The first-order valence-electron chi connectivity index (χ1n) is 9.23. The maximum absolute atomic E-state index is 13.8. The predicted octanol–water partition coefficient (Wildman–Crippen LogP) is 3.73. The lowest BCUT2D eigenvalue weighted by atomic mass is 10.2. The third kappa shape index (κ3) is 5.83. The van der Waals surface area contributed by atoms with Crippen LogP contribution >= 0.6 is 23.2 Å². The molecule has 1 fully saturated rings. The number of nitrogens with zero attached hydrogens (tertiary/aromatic N) is 2. The molecule has 2 aromatic carbocycles. The van der Waals surface area contributed by atoms with Gasteiger partial charge in [0.2, 0.25) is 0 Å². The van der Waals surface area contributed by atoms with Crippen LogP contribution in [-0.4, -0.2) is 63.8 Å². The van der Waals surface area contributed by atoms with E-state index < -0.39 is 9.84 Å². The van der Waals surface area contributed by atoms with Crippen LogP contribution in [0.5, 0.6) is 5.75 Å². The normalized spacial score (nSPS) is 16.1. The molecular weight excluding hydrogens is 438 g/mol. The summed E-state index contributed by atoms with van der Waals surface area (Å²) < 4.78 is 44.0. The number of sulfone groups is 1. The number of ether oxygens (including phenoxy) is 1. The third-order valence-electron chi connectivity index (χ3n) is 4.99. The van der Waals surface area contributed by atoms with E-state index in [1.807, 2.05) is 6.07 Å². The Bertz CT molecular complexity index is 964. The van der Waals surface area contributed by atoms with Crippen LogP contribution in [0.25, 0.3) is 0 Å². The summed E-state index contributed by atoms with van der Waals surface area (Å²) in [6.07, 6.45) is 0. The Kier molecular flexibility index (Phi) is 7.40. The molecule has 0 saturated carbocycles. The maximum Gasteiger partial charge on any atom is 0.181 e. The van der Waals surface area contributed by atoms with E-state index in [0.29, 0.717) is 18.1 Å². The Morgan fingerprint density at radius 2 is 1.72 bits per heavy atom. The van der Waals surface area contributed by atoms with Gasteiger partial charge in [0.1, 0.15) is 0 Å². The van der Waals surface area contributed by atoms with Gasteiger partial charge in [0.05, 0.1) is 22.8 Å². The van der Waals surface area contributed by atoms with Gasteiger partial charge < -0.3 is 4.74 Å². The molecule has 0 aliphatic carbocycles. The molecule has 2 aromatic rings. The van der Waals surface area contributed by atoms with Gasteiger partial charge in [-0.2, -0.15) is 0 Å². The highest BCUT2D eigenvalue weighted by Gasteiger charge is 2.22. The van der Waals surface area contributed by atoms with E-state index in [-0.39, 0.29) is 27.2 Å². The molecule has 0 atom stereocenters. The van der Waals surface area contributed by atoms with Crippen molar-refractivity contribution in [2.24, 2.45) is 0 Å². The minimum absolute atomic E-state index is 0.0171. The first-order valence-corrected chi connectivity index (χ1v) is 11.6. The van der Waals surface area contributed by atoms with E-state index in [1.165, 1.54) is 25.3 Å². The van der Waals surface area contributed by atoms with Crippen molar-refractivity contribution in [3.63, 3.8) is 0 Å². The Morgan fingerprint density at radius 1 is 1.03 bits per heavy atom. The van der Waals surface area contributed by atoms with E-state index in [4.69, 9.17) is 27.9 Å². The van der Waals surface area contributed by atoms with Gasteiger partial charge in [0.25, 0.3) is 0 Å². The van der Waals surface area contributed by atoms with Crippen LogP contribution in [0.2, 0.25) is 10.0 Å². The Morgan fingerprint density at radius 3 is 2.38 bits per heavy atom. The number of methoxy groups -OCH3 is 1. The second-order valence-corrected chi connectivity index (χ2v) is 9.90. The van der Waals surface area contributed by atoms with E-state index in [1.54, 1.807) is 12.1 Å². The standard InChI is InChI=1S/C20H23Cl2FN2O3S/c1-28-19-5-2-15(12-18(19)23)14-25-8-6-24(7-9-25)10-11-29(26,27)20-13-16(21)3-4-17(20)22/h2-5,12-13H,6-11,14H2,1H3. The van der Waals surface area contributed by atoms with Crippen molar-refractivity contribution < 1.29 is 17.5 Å². The molecule has 5 nitrogen and oxygen atoms in total. The van der Waals surface area contributed by atoms with Crippen LogP contribution in [0.3, 0.4) is 0 Å². The molecule has 0 bridgehead atoms. The number of hydrogen-bond acceptors (Lipinski definition) is 5.